The lowest BCUT2D eigenvalue weighted by molar-refractivity contribution is 0.103. The first kappa shape index (κ1) is 22.3. The van der Waals surface area contributed by atoms with E-state index in [9.17, 15) is 10.1 Å². The largest absolute Gasteiger partial charge is 0.368 e. The average molecular weight is 510 g/mol. The van der Waals surface area contributed by atoms with Gasteiger partial charge in [0.1, 0.15) is 11.6 Å². The Morgan fingerprint density at radius 1 is 1.13 bits per heavy atom. The highest BCUT2D eigenvalue weighted by atomic mass is 35.5. The number of Topliss-reactive ketones (excluding diaryl/α,β-unsaturated/α-hetero) is 1. The number of carbonyl (C=O) groups is 1. The summed E-state index contributed by atoms with van der Waals surface area (Å²) >= 11 is 21.1. The normalized spacial score (nSPS) is 17.6. The Kier molecular flexibility index (Phi) is 6.95. The Morgan fingerprint density at radius 2 is 1.81 bits per heavy atom. The van der Waals surface area contributed by atoms with Gasteiger partial charge in [-0.2, -0.15) is 5.26 Å². The molecule has 0 bridgehead atoms. The molecule has 1 aromatic carbocycles. The zero-order valence-electron chi connectivity index (χ0n) is 16.0. The lowest BCUT2D eigenvalue weighted by atomic mass is 9.93. The van der Waals surface area contributed by atoms with Gasteiger partial charge in [0.2, 0.25) is 5.78 Å². The molecule has 31 heavy (non-hydrogen) atoms. The van der Waals surface area contributed by atoms with E-state index in [1.165, 1.54) is 22.7 Å². The number of allylic oxidation sites excluding steroid dienone is 2. The molecule has 2 aromatic heterocycles. The number of rotatable bonds is 6. The fourth-order valence-electron chi connectivity index (χ4n) is 3.72. The second-order valence-corrected chi connectivity index (χ2v) is 10.8. The fraction of sp³-hybridized carbons (Fsp3) is 0.238. The number of benzene rings is 1. The van der Waals surface area contributed by atoms with Crippen LogP contribution in [0.15, 0.2) is 47.9 Å². The number of aromatic nitrogens is 2. The van der Waals surface area contributed by atoms with Crippen molar-refractivity contribution in [1.82, 2.24) is 14.9 Å². The zero-order valence-corrected chi connectivity index (χ0v) is 19.9. The summed E-state index contributed by atoms with van der Waals surface area (Å²) in [5.41, 5.74) is 1.16. The SMILES string of the molecule is N#C/C(C(=O)c1ccccc1Cl)=C1/C(Cc2cnc(Cl)s2)CCN1Cc1cnc(Cl)s1. The smallest absolute Gasteiger partial charge is 0.206 e. The third kappa shape index (κ3) is 4.94. The van der Waals surface area contributed by atoms with Gasteiger partial charge in [0.05, 0.1) is 11.6 Å². The van der Waals surface area contributed by atoms with E-state index in [2.05, 4.69) is 20.9 Å². The minimum atomic E-state index is -0.371. The van der Waals surface area contributed by atoms with Gasteiger partial charge in [-0.1, -0.05) is 46.9 Å². The Bertz CT molecular complexity index is 1140. The van der Waals surface area contributed by atoms with Crippen molar-refractivity contribution in [2.24, 2.45) is 5.92 Å². The average Bonchev–Trinajstić information content (AvgIpc) is 3.45. The Morgan fingerprint density at radius 3 is 2.42 bits per heavy atom. The van der Waals surface area contributed by atoms with Crippen LogP contribution in [-0.4, -0.2) is 27.2 Å². The van der Waals surface area contributed by atoms with Crippen LogP contribution in [0.4, 0.5) is 0 Å². The molecule has 1 fully saturated rings. The molecular weight excluding hydrogens is 495 g/mol. The van der Waals surface area contributed by atoms with Crippen LogP contribution >= 0.6 is 57.5 Å². The zero-order chi connectivity index (χ0) is 22.0. The lowest BCUT2D eigenvalue weighted by Gasteiger charge is -2.23. The first-order valence-corrected chi connectivity index (χ1v) is 12.1. The predicted octanol–water partition coefficient (Wildman–Crippen LogP) is 6.28. The maximum atomic E-state index is 13.3. The summed E-state index contributed by atoms with van der Waals surface area (Å²) in [7, 11) is 0. The molecule has 1 atom stereocenters. The third-order valence-corrected chi connectivity index (χ3v) is 7.60. The van der Waals surface area contributed by atoms with Crippen LogP contribution in [0.3, 0.4) is 0 Å². The second-order valence-electron chi connectivity index (χ2n) is 6.95. The van der Waals surface area contributed by atoms with Crippen molar-refractivity contribution in [3.05, 3.63) is 77.2 Å². The van der Waals surface area contributed by atoms with Crippen molar-refractivity contribution in [1.29, 1.82) is 5.26 Å². The van der Waals surface area contributed by atoms with E-state index in [0.717, 1.165) is 21.9 Å². The minimum absolute atomic E-state index is 0.0130. The lowest BCUT2D eigenvalue weighted by Crippen LogP contribution is -2.22. The van der Waals surface area contributed by atoms with Gasteiger partial charge in [-0.05, 0) is 25.0 Å². The van der Waals surface area contributed by atoms with Crippen LogP contribution < -0.4 is 0 Å². The molecule has 0 N–H and O–H groups in total. The van der Waals surface area contributed by atoms with E-state index >= 15 is 0 Å². The van der Waals surface area contributed by atoms with E-state index in [1.807, 2.05) is 0 Å². The number of ketones is 1. The van der Waals surface area contributed by atoms with Gasteiger partial charge in [0, 0.05) is 45.9 Å². The molecule has 158 valence electrons. The molecule has 0 saturated carbocycles. The van der Waals surface area contributed by atoms with Crippen molar-refractivity contribution in [3.8, 4) is 6.07 Å². The molecule has 0 amide bonds. The van der Waals surface area contributed by atoms with Crippen molar-refractivity contribution in [2.75, 3.05) is 6.54 Å². The molecular formula is C21H15Cl3N4OS2. The molecule has 1 unspecified atom stereocenters. The van der Waals surface area contributed by atoms with Gasteiger partial charge in [-0.3, -0.25) is 4.79 Å². The maximum Gasteiger partial charge on any atom is 0.206 e. The second kappa shape index (κ2) is 9.68. The highest BCUT2D eigenvalue weighted by Gasteiger charge is 2.34. The van der Waals surface area contributed by atoms with Gasteiger partial charge in [-0.15, -0.1) is 22.7 Å². The fourth-order valence-corrected chi connectivity index (χ4v) is 6.00. The number of nitriles is 1. The van der Waals surface area contributed by atoms with Crippen LogP contribution in [-0.2, 0) is 13.0 Å². The summed E-state index contributed by atoms with van der Waals surface area (Å²) in [6.07, 6.45) is 4.93. The van der Waals surface area contributed by atoms with Crippen LogP contribution in [0, 0.1) is 17.2 Å². The standard InChI is InChI=1S/C21H15Cl3N4OS2/c22-17-4-2-1-3-15(17)19(29)16(8-25)18-12(7-13-9-26-20(23)30-13)5-6-28(18)11-14-10-27-21(24)31-14/h1-4,9-10,12H,5-7,11H2/b18-16+. The molecule has 1 saturated heterocycles. The summed E-state index contributed by atoms with van der Waals surface area (Å²) in [6, 6.07) is 8.95. The number of hydrogen-bond donors (Lipinski definition) is 0. The van der Waals surface area contributed by atoms with E-state index in [0.29, 0.717) is 39.0 Å². The van der Waals surface area contributed by atoms with Crippen molar-refractivity contribution < 1.29 is 4.79 Å². The van der Waals surface area contributed by atoms with E-state index in [1.54, 1.807) is 36.7 Å². The predicted molar refractivity (Wildman–Crippen MR) is 125 cm³/mol. The van der Waals surface area contributed by atoms with Crippen LogP contribution in [0.1, 0.15) is 26.5 Å². The van der Waals surface area contributed by atoms with Gasteiger partial charge in [0.15, 0.2) is 8.93 Å². The molecule has 0 radical (unpaired) electrons. The Labute approximate surface area is 202 Å². The van der Waals surface area contributed by atoms with Gasteiger partial charge < -0.3 is 4.90 Å². The van der Waals surface area contributed by atoms with Crippen LogP contribution in [0.2, 0.25) is 14.0 Å². The number of likely N-dealkylation sites (tertiary alicyclic amines) is 1. The number of carbonyl (C=O) groups excluding carboxylic acids is 1. The molecule has 1 aliphatic heterocycles. The molecule has 10 heteroatoms. The van der Waals surface area contributed by atoms with Gasteiger partial charge in [0.25, 0.3) is 0 Å². The van der Waals surface area contributed by atoms with Gasteiger partial charge >= 0.3 is 0 Å². The maximum absolute atomic E-state index is 13.3. The molecule has 4 rings (SSSR count). The van der Waals surface area contributed by atoms with Crippen molar-refractivity contribution in [2.45, 2.75) is 19.4 Å². The number of hydrogen-bond acceptors (Lipinski definition) is 7. The van der Waals surface area contributed by atoms with E-state index in [4.69, 9.17) is 34.8 Å². The molecule has 3 aromatic rings. The van der Waals surface area contributed by atoms with Gasteiger partial charge in [-0.25, -0.2) is 9.97 Å². The van der Waals surface area contributed by atoms with Crippen molar-refractivity contribution in [3.63, 3.8) is 0 Å². The summed E-state index contributed by atoms with van der Waals surface area (Å²) in [5.74, 6) is -0.384. The summed E-state index contributed by atoms with van der Waals surface area (Å²) in [4.78, 5) is 25.6. The topological polar surface area (TPSA) is 69.9 Å². The molecule has 5 nitrogen and oxygen atoms in total. The van der Waals surface area contributed by atoms with Crippen LogP contribution in [0.5, 0.6) is 0 Å². The summed E-state index contributed by atoms with van der Waals surface area (Å²) in [6.45, 7) is 1.24. The highest BCUT2D eigenvalue weighted by Crippen LogP contribution is 2.37. The molecule has 3 heterocycles. The molecule has 0 aliphatic carbocycles. The highest BCUT2D eigenvalue weighted by molar-refractivity contribution is 7.16. The van der Waals surface area contributed by atoms with E-state index in [-0.39, 0.29) is 17.3 Å². The van der Waals surface area contributed by atoms with Crippen molar-refractivity contribution >= 4 is 63.3 Å². The van der Waals surface area contributed by atoms with E-state index < -0.39 is 0 Å². The first-order chi connectivity index (χ1) is 15.0. The number of nitrogens with zero attached hydrogens (tertiary/aromatic N) is 4. The number of halogens is 3. The molecule has 0 spiro atoms. The summed E-state index contributed by atoms with van der Waals surface area (Å²) in [5, 5.41) is 10.3. The Hall–Kier alpha value is -1.95. The summed E-state index contributed by atoms with van der Waals surface area (Å²) < 4.78 is 0.936. The quantitative estimate of drug-likeness (QED) is 0.222. The first-order valence-electron chi connectivity index (χ1n) is 9.35. The minimum Gasteiger partial charge on any atom is -0.368 e. The Balaban J connectivity index is 1.74. The molecule has 1 aliphatic rings. The van der Waals surface area contributed by atoms with Crippen LogP contribution in [0.25, 0.3) is 0 Å². The third-order valence-electron chi connectivity index (χ3n) is 5.03. The number of thiazole rings is 2. The monoisotopic (exact) mass is 508 g/mol.